The summed E-state index contributed by atoms with van der Waals surface area (Å²) in [6.07, 6.45) is -0.412. The maximum absolute atomic E-state index is 13.3. The minimum absolute atomic E-state index is 0.0648. The number of pyridine rings is 2. The molecule has 3 aromatic rings. The Labute approximate surface area is 196 Å². The van der Waals surface area contributed by atoms with E-state index in [1.165, 1.54) is 4.90 Å². The second kappa shape index (κ2) is 9.05. The molecule has 8 nitrogen and oxygen atoms in total. The Hall–Kier alpha value is -3.07. The van der Waals surface area contributed by atoms with Gasteiger partial charge in [0, 0.05) is 42.7 Å². The summed E-state index contributed by atoms with van der Waals surface area (Å²) >= 11 is 6.04. The van der Waals surface area contributed by atoms with E-state index in [9.17, 15) is 9.59 Å². The van der Waals surface area contributed by atoms with Crippen LogP contribution in [0.3, 0.4) is 0 Å². The summed E-state index contributed by atoms with van der Waals surface area (Å²) in [5, 5.41) is 1.15. The van der Waals surface area contributed by atoms with E-state index in [-0.39, 0.29) is 24.8 Å². The van der Waals surface area contributed by atoms with E-state index in [1.807, 2.05) is 35.2 Å². The van der Waals surface area contributed by atoms with Crippen molar-refractivity contribution in [1.82, 2.24) is 19.8 Å². The van der Waals surface area contributed by atoms with E-state index in [1.54, 1.807) is 18.2 Å². The summed E-state index contributed by atoms with van der Waals surface area (Å²) in [5.74, 6) is 0.290. The number of amides is 2. The molecule has 1 unspecified atom stereocenters. The van der Waals surface area contributed by atoms with Gasteiger partial charge in [0.15, 0.2) is 11.9 Å². The van der Waals surface area contributed by atoms with Crippen LogP contribution in [0.25, 0.3) is 11.0 Å². The smallest absolute Gasteiger partial charge is 0.262 e. The molecule has 0 saturated carbocycles. The monoisotopic (exact) mass is 465 g/mol. The molecule has 2 amide bonds. The van der Waals surface area contributed by atoms with Crippen molar-refractivity contribution in [2.45, 2.75) is 12.6 Å². The average molecular weight is 466 g/mol. The van der Waals surface area contributed by atoms with Crippen LogP contribution in [0.4, 0.5) is 5.82 Å². The number of likely N-dealkylation sites (N-methyl/N-ethyl adjacent to an activating group) is 1. The van der Waals surface area contributed by atoms with Gasteiger partial charge in [-0.15, -0.1) is 0 Å². The molecule has 2 aromatic heterocycles. The number of benzene rings is 1. The first-order valence-corrected chi connectivity index (χ1v) is 11.3. The number of anilines is 1. The fourth-order valence-corrected chi connectivity index (χ4v) is 4.39. The van der Waals surface area contributed by atoms with E-state index in [4.69, 9.17) is 16.3 Å². The molecule has 2 aliphatic rings. The lowest BCUT2D eigenvalue weighted by Gasteiger charge is -2.32. The van der Waals surface area contributed by atoms with Gasteiger partial charge in [-0.3, -0.25) is 14.5 Å². The van der Waals surface area contributed by atoms with Crippen LogP contribution in [0.15, 0.2) is 48.5 Å². The van der Waals surface area contributed by atoms with Gasteiger partial charge in [0.1, 0.15) is 11.0 Å². The van der Waals surface area contributed by atoms with Gasteiger partial charge in [-0.25, -0.2) is 9.97 Å². The molecule has 0 bridgehead atoms. The molecule has 1 fully saturated rings. The van der Waals surface area contributed by atoms with Crippen molar-refractivity contribution in [2.75, 3.05) is 44.7 Å². The summed E-state index contributed by atoms with van der Waals surface area (Å²) < 4.78 is 6.15. The molecule has 1 saturated heterocycles. The molecular weight excluding hydrogens is 442 g/mol. The third-order valence-corrected chi connectivity index (χ3v) is 6.32. The Morgan fingerprint density at radius 3 is 2.64 bits per heavy atom. The number of ether oxygens (including phenoxy) is 1. The predicted molar refractivity (Wildman–Crippen MR) is 125 cm³/mol. The number of rotatable bonds is 5. The lowest BCUT2D eigenvalue weighted by Crippen LogP contribution is -2.47. The van der Waals surface area contributed by atoms with E-state index < -0.39 is 6.23 Å². The SMILES string of the molecule is CN1CCN(C(=O)CCOC2c3ccccc3C(=O)N2c2ccc3ccc(Cl)nc3n2)CC1. The lowest BCUT2D eigenvalue weighted by molar-refractivity contribution is -0.134. The van der Waals surface area contributed by atoms with Gasteiger partial charge < -0.3 is 14.5 Å². The zero-order valence-corrected chi connectivity index (χ0v) is 19.0. The molecule has 170 valence electrons. The minimum Gasteiger partial charge on any atom is -0.353 e. The largest absolute Gasteiger partial charge is 0.353 e. The first-order chi connectivity index (χ1) is 16.0. The molecule has 1 atom stereocenters. The molecule has 33 heavy (non-hydrogen) atoms. The van der Waals surface area contributed by atoms with E-state index >= 15 is 0 Å². The standard InChI is InChI=1S/C24H24ClN5O3/c1-28-11-13-29(14-12-28)21(31)10-15-33-24-18-5-3-2-4-17(18)23(32)30(24)20-9-7-16-6-8-19(25)26-22(16)27-20/h2-9,24H,10-15H2,1H3. The van der Waals surface area contributed by atoms with Crippen LogP contribution in [0.1, 0.15) is 28.6 Å². The summed E-state index contributed by atoms with van der Waals surface area (Å²) in [4.78, 5) is 40.3. The fraction of sp³-hybridized carbons (Fsp3) is 0.333. The Morgan fingerprint density at radius 2 is 1.82 bits per heavy atom. The highest BCUT2D eigenvalue weighted by Gasteiger charge is 2.39. The molecule has 0 aliphatic carbocycles. The Bertz CT molecular complexity index is 1210. The second-order valence-corrected chi connectivity index (χ2v) is 8.66. The highest BCUT2D eigenvalue weighted by atomic mass is 35.5. The highest BCUT2D eigenvalue weighted by molar-refractivity contribution is 6.29. The maximum atomic E-state index is 13.3. The summed E-state index contributed by atoms with van der Waals surface area (Å²) in [7, 11) is 2.05. The molecule has 5 rings (SSSR count). The quantitative estimate of drug-likeness (QED) is 0.539. The minimum atomic E-state index is -0.668. The van der Waals surface area contributed by atoms with E-state index in [0.29, 0.717) is 22.2 Å². The molecule has 9 heteroatoms. The Balaban J connectivity index is 1.37. The zero-order chi connectivity index (χ0) is 22.9. The van der Waals surface area contributed by atoms with Gasteiger partial charge in [0.05, 0.1) is 13.0 Å². The van der Waals surface area contributed by atoms with Gasteiger partial charge in [-0.2, -0.15) is 0 Å². The Morgan fingerprint density at radius 1 is 1.06 bits per heavy atom. The number of aromatic nitrogens is 2. The number of piperazine rings is 1. The van der Waals surface area contributed by atoms with Crippen molar-refractivity contribution < 1.29 is 14.3 Å². The summed E-state index contributed by atoms with van der Waals surface area (Å²) in [5.41, 5.74) is 1.78. The van der Waals surface area contributed by atoms with Crippen molar-refractivity contribution in [3.63, 3.8) is 0 Å². The van der Waals surface area contributed by atoms with Crippen LogP contribution >= 0.6 is 11.6 Å². The number of halogens is 1. The van der Waals surface area contributed by atoms with Crippen LogP contribution in [-0.4, -0.2) is 71.4 Å². The van der Waals surface area contributed by atoms with Gasteiger partial charge in [0.25, 0.3) is 5.91 Å². The van der Waals surface area contributed by atoms with Crippen molar-refractivity contribution >= 4 is 40.3 Å². The summed E-state index contributed by atoms with van der Waals surface area (Å²) in [6, 6.07) is 14.5. The number of fused-ring (bicyclic) bond motifs is 2. The van der Waals surface area contributed by atoms with Crippen LogP contribution in [0.2, 0.25) is 5.15 Å². The van der Waals surface area contributed by atoms with Crippen LogP contribution < -0.4 is 4.90 Å². The zero-order valence-electron chi connectivity index (χ0n) is 18.3. The van der Waals surface area contributed by atoms with Gasteiger partial charge in [0.2, 0.25) is 5.91 Å². The predicted octanol–water partition coefficient (Wildman–Crippen LogP) is 3.12. The van der Waals surface area contributed by atoms with E-state index in [2.05, 4.69) is 21.9 Å². The van der Waals surface area contributed by atoms with Crippen LogP contribution in [0.5, 0.6) is 0 Å². The lowest BCUT2D eigenvalue weighted by atomic mass is 10.1. The molecule has 0 N–H and O–H groups in total. The molecule has 1 aromatic carbocycles. The normalized spacial score (nSPS) is 18.7. The third-order valence-electron chi connectivity index (χ3n) is 6.11. The maximum Gasteiger partial charge on any atom is 0.262 e. The van der Waals surface area contributed by atoms with Crippen molar-refractivity contribution in [2.24, 2.45) is 0 Å². The van der Waals surface area contributed by atoms with Crippen LogP contribution in [-0.2, 0) is 9.53 Å². The first kappa shape index (κ1) is 21.8. The topological polar surface area (TPSA) is 78.9 Å². The van der Waals surface area contributed by atoms with Crippen molar-refractivity contribution in [3.05, 3.63) is 64.8 Å². The molecule has 0 spiro atoms. The second-order valence-electron chi connectivity index (χ2n) is 8.27. The van der Waals surface area contributed by atoms with Gasteiger partial charge >= 0.3 is 0 Å². The molecular formula is C24H24ClN5O3. The summed E-state index contributed by atoms with van der Waals surface area (Å²) in [6.45, 7) is 3.39. The van der Waals surface area contributed by atoms with Gasteiger partial charge in [-0.05, 0) is 37.4 Å². The number of carbonyl (C=O) groups is 2. The van der Waals surface area contributed by atoms with E-state index in [0.717, 1.165) is 37.1 Å². The number of nitrogens with zero attached hydrogens (tertiary/aromatic N) is 5. The first-order valence-electron chi connectivity index (χ1n) is 10.9. The molecule has 0 radical (unpaired) electrons. The number of hydrogen-bond donors (Lipinski definition) is 0. The van der Waals surface area contributed by atoms with Crippen LogP contribution in [0, 0.1) is 0 Å². The molecule has 4 heterocycles. The fourth-order valence-electron chi connectivity index (χ4n) is 4.24. The number of carbonyl (C=O) groups excluding carboxylic acids is 2. The average Bonchev–Trinajstić information content (AvgIpc) is 3.10. The van der Waals surface area contributed by atoms with Crippen molar-refractivity contribution in [1.29, 1.82) is 0 Å². The molecule has 2 aliphatic heterocycles. The van der Waals surface area contributed by atoms with Gasteiger partial charge in [-0.1, -0.05) is 29.8 Å². The Kier molecular flexibility index (Phi) is 5.97. The third kappa shape index (κ3) is 4.29. The van der Waals surface area contributed by atoms with Crippen molar-refractivity contribution in [3.8, 4) is 0 Å². The number of hydrogen-bond acceptors (Lipinski definition) is 6. The highest BCUT2D eigenvalue weighted by Crippen LogP contribution is 2.38.